The lowest BCUT2D eigenvalue weighted by Gasteiger charge is -2.35. The van der Waals surface area contributed by atoms with Crippen LogP contribution in [0.4, 0.5) is 0 Å². The van der Waals surface area contributed by atoms with Crippen molar-refractivity contribution in [3.05, 3.63) is 0 Å². The Morgan fingerprint density at radius 2 is 1.81 bits per heavy atom. The summed E-state index contributed by atoms with van der Waals surface area (Å²) in [6.07, 6.45) is 0. The highest BCUT2D eigenvalue weighted by molar-refractivity contribution is 4.90. The van der Waals surface area contributed by atoms with E-state index in [0.717, 1.165) is 31.5 Å². The van der Waals surface area contributed by atoms with Gasteiger partial charge in [0.25, 0.3) is 0 Å². The molecule has 1 rings (SSSR count). The number of aliphatic hydroxyl groups excluding tert-OH is 1. The van der Waals surface area contributed by atoms with E-state index in [-0.39, 0.29) is 12.1 Å². The van der Waals surface area contributed by atoms with Crippen LogP contribution in [0.5, 0.6) is 0 Å². The normalized spacial score (nSPS) is 30.9. The van der Waals surface area contributed by atoms with Gasteiger partial charge in [-0.1, -0.05) is 27.7 Å². The first-order valence-electron chi connectivity index (χ1n) is 6.47. The summed E-state index contributed by atoms with van der Waals surface area (Å²) in [5.74, 6) is 1.56. The first-order valence-corrected chi connectivity index (χ1v) is 6.47. The molecule has 0 saturated carbocycles. The van der Waals surface area contributed by atoms with Crippen LogP contribution in [0.3, 0.4) is 0 Å². The highest BCUT2D eigenvalue weighted by Crippen LogP contribution is 2.23. The van der Waals surface area contributed by atoms with Crippen molar-refractivity contribution in [1.29, 1.82) is 0 Å². The lowest BCUT2D eigenvalue weighted by molar-refractivity contribution is 0.122. The molecule has 1 aliphatic rings. The molecular weight excluding hydrogens is 200 g/mol. The third-order valence-electron chi connectivity index (χ3n) is 3.62. The van der Waals surface area contributed by atoms with Gasteiger partial charge >= 0.3 is 0 Å². The van der Waals surface area contributed by atoms with Crippen molar-refractivity contribution in [2.24, 2.45) is 11.8 Å². The van der Waals surface area contributed by atoms with Gasteiger partial charge in [-0.25, -0.2) is 0 Å². The lowest BCUT2D eigenvalue weighted by atomic mass is 10.0. The van der Waals surface area contributed by atoms with Gasteiger partial charge in [0.2, 0.25) is 0 Å². The summed E-state index contributed by atoms with van der Waals surface area (Å²) in [4.78, 5) is 2.47. The number of hydrogen-bond donors (Lipinski definition) is 2. The highest BCUT2D eigenvalue weighted by Gasteiger charge is 2.32. The number of nitrogens with one attached hydrogen (secondary N) is 1. The van der Waals surface area contributed by atoms with Crippen LogP contribution in [0.25, 0.3) is 0 Å². The third kappa shape index (κ3) is 3.72. The van der Waals surface area contributed by atoms with Gasteiger partial charge in [-0.3, -0.25) is 0 Å². The van der Waals surface area contributed by atoms with Crippen molar-refractivity contribution >= 4 is 0 Å². The molecule has 0 aromatic carbocycles. The lowest BCUT2D eigenvalue weighted by Crippen LogP contribution is -2.55. The molecule has 3 atom stereocenters. The van der Waals surface area contributed by atoms with Gasteiger partial charge in [-0.2, -0.15) is 0 Å². The van der Waals surface area contributed by atoms with Crippen LogP contribution in [0.1, 0.15) is 34.6 Å². The Balaban J connectivity index is 2.50. The zero-order valence-electron chi connectivity index (χ0n) is 11.5. The minimum absolute atomic E-state index is 0.169. The van der Waals surface area contributed by atoms with Gasteiger partial charge < -0.3 is 15.3 Å². The highest BCUT2D eigenvalue weighted by atomic mass is 16.3. The quantitative estimate of drug-likeness (QED) is 0.745. The van der Waals surface area contributed by atoms with Crippen LogP contribution in [0.2, 0.25) is 0 Å². The van der Waals surface area contributed by atoms with Gasteiger partial charge in [-0.05, 0) is 18.8 Å². The van der Waals surface area contributed by atoms with Crippen molar-refractivity contribution in [1.82, 2.24) is 10.2 Å². The summed E-state index contributed by atoms with van der Waals surface area (Å²) < 4.78 is 0. The van der Waals surface area contributed by atoms with E-state index < -0.39 is 0 Å². The fourth-order valence-electron chi connectivity index (χ4n) is 2.71. The van der Waals surface area contributed by atoms with Gasteiger partial charge in [0.1, 0.15) is 0 Å². The van der Waals surface area contributed by atoms with E-state index in [9.17, 15) is 5.11 Å². The largest absolute Gasteiger partial charge is 0.394 e. The number of rotatable bonds is 5. The second-order valence-corrected chi connectivity index (χ2v) is 6.17. The Morgan fingerprint density at radius 3 is 2.19 bits per heavy atom. The van der Waals surface area contributed by atoms with Crippen molar-refractivity contribution in [2.75, 3.05) is 26.2 Å². The van der Waals surface area contributed by atoms with E-state index in [0.29, 0.717) is 6.04 Å². The topological polar surface area (TPSA) is 35.5 Å². The molecule has 0 radical (unpaired) electrons. The Bertz CT molecular complexity index is 210. The van der Waals surface area contributed by atoms with Crippen molar-refractivity contribution in [2.45, 2.75) is 46.2 Å². The maximum absolute atomic E-state index is 9.54. The minimum atomic E-state index is -0.169. The van der Waals surface area contributed by atoms with Crippen molar-refractivity contribution < 1.29 is 5.11 Å². The Hall–Kier alpha value is -0.120. The van der Waals surface area contributed by atoms with Crippen molar-refractivity contribution in [3.63, 3.8) is 0 Å². The molecule has 3 heteroatoms. The van der Waals surface area contributed by atoms with E-state index in [1.54, 1.807) is 0 Å². The van der Waals surface area contributed by atoms with Crippen LogP contribution < -0.4 is 5.32 Å². The number of likely N-dealkylation sites (tertiary alicyclic amines) is 1. The molecule has 1 heterocycles. The number of hydrogen-bond acceptors (Lipinski definition) is 3. The van der Waals surface area contributed by atoms with E-state index in [4.69, 9.17) is 0 Å². The molecule has 1 saturated heterocycles. The first-order chi connectivity index (χ1) is 7.36. The molecule has 1 aliphatic heterocycles. The summed E-state index contributed by atoms with van der Waals surface area (Å²) in [5, 5.41) is 13.0. The van der Waals surface area contributed by atoms with E-state index >= 15 is 0 Å². The molecule has 0 amide bonds. The molecular formula is C13H28N2O. The molecule has 0 spiro atoms. The molecule has 3 unspecified atom stereocenters. The maximum Gasteiger partial charge on any atom is 0.0623 e. The summed E-state index contributed by atoms with van der Waals surface area (Å²) in [6.45, 7) is 14.5. The van der Waals surface area contributed by atoms with Gasteiger partial charge in [0.15, 0.2) is 0 Å². The Kier molecular flexibility index (Phi) is 4.77. The zero-order chi connectivity index (χ0) is 12.3. The Morgan fingerprint density at radius 1 is 1.31 bits per heavy atom. The van der Waals surface area contributed by atoms with Gasteiger partial charge in [-0.15, -0.1) is 0 Å². The van der Waals surface area contributed by atoms with Crippen molar-refractivity contribution in [3.8, 4) is 0 Å². The molecule has 2 N–H and O–H groups in total. The predicted octanol–water partition coefficient (Wildman–Crippen LogP) is 1.32. The van der Waals surface area contributed by atoms with Crippen LogP contribution in [0.15, 0.2) is 0 Å². The molecule has 3 nitrogen and oxygen atoms in total. The second-order valence-electron chi connectivity index (χ2n) is 6.17. The average Bonchev–Trinajstić information content (AvgIpc) is 2.44. The summed E-state index contributed by atoms with van der Waals surface area (Å²) in [5.41, 5.74) is -0.169. The van der Waals surface area contributed by atoms with E-state index in [1.807, 2.05) is 0 Å². The van der Waals surface area contributed by atoms with Crippen LogP contribution in [-0.4, -0.2) is 47.8 Å². The molecule has 96 valence electrons. The zero-order valence-corrected chi connectivity index (χ0v) is 11.5. The van der Waals surface area contributed by atoms with Crippen LogP contribution in [0, 0.1) is 11.8 Å². The van der Waals surface area contributed by atoms with Crippen LogP contribution >= 0.6 is 0 Å². The predicted molar refractivity (Wildman–Crippen MR) is 68.5 cm³/mol. The molecule has 16 heavy (non-hydrogen) atoms. The van der Waals surface area contributed by atoms with Gasteiger partial charge in [0.05, 0.1) is 12.1 Å². The molecule has 1 fully saturated rings. The fourth-order valence-corrected chi connectivity index (χ4v) is 2.71. The third-order valence-corrected chi connectivity index (χ3v) is 3.62. The summed E-state index contributed by atoms with van der Waals surface area (Å²) in [6, 6.07) is 0.412. The summed E-state index contributed by atoms with van der Waals surface area (Å²) >= 11 is 0. The first kappa shape index (κ1) is 13.9. The van der Waals surface area contributed by atoms with Gasteiger partial charge in [0, 0.05) is 25.7 Å². The second kappa shape index (κ2) is 5.48. The van der Waals surface area contributed by atoms with E-state index in [2.05, 4.69) is 44.8 Å². The molecule has 0 aromatic rings. The SMILES string of the molecule is CC(C)NC(C)(CO)CN1CC(C)C(C)C1. The molecule has 0 aliphatic carbocycles. The Labute approximate surface area is 100 Å². The minimum Gasteiger partial charge on any atom is -0.394 e. The molecule has 0 aromatic heterocycles. The molecule has 0 bridgehead atoms. The fraction of sp³-hybridized carbons (Fsp3) is 1.00. The number of nitrogens with zero attached hydrogens (tertiary/aromatic N) is 1. The monoisotopic (exact) mass is 228 g/mol. The number of aliphatic hydroxyl groups is 1. The smallest absolute Gasteiger partial charge is 0.0623 e. The van der Waals surface area contributed by atoms with Crippen LogP contribution in [-0.2, 0) is 0 Å². The maximum atomic E-state index is 9.54. The summed E-state index contributed by atoms with van der Waals surface area (Å²) in [7, 11) is 0. The standard InChI is InChI=1S/C13H28N2O/c1-10(2)14-13(5,9-16)8-15-6-11(3)12(4)7-15/h10-12,14,16H,6-9H2,1-5H3. The van der Waals surface area contributed by atoms with E-state index in [1.165, 1.54) is 0 Å². The average molecular weight is 228 g/mol.